The van der Waals surface area contributed by atoms with Crippen LogP contribution in [0.3, 0.4) is 0 Å². The van der Waals surface area contributed by atoms with Crippen molar-refractivity contribution in [2.45, 2.75) is 46.8 Å². The molecule has 0 saturated heterocycles. The van der Waals surface area contributed by atoms with Gasteiger partial charge in [-0.3, -0.25) is 0 Å². The van der Waals surface area contributed by atoms with E-state index in [1.54, 1.807) is 0 Å². The van der Waals surface area contributed by atoms with Gasteiger partial charge in [-0.05, 0) is 46.2 Å². The first-order valence-electron chi connectivity index (χ1n) is 6.49. The van der Waals surface area contributed by atoms with Crippen molar-refractivity contribution < 1.29 is 14.3 Å². The van der Waals surface area contributed by atoms with Crippen LogP contribution < -0.4 is 0 Å². The lowest BCUT2D eigenvalue weighted by atomic mass is 10.2. The Hall–Kier alpha value is -1.29. The number of aromatic nitrogens is 1. The van der Waals surface area contributed by atoms with Crippen LogP contribution in [0.1, 0.15) is 49.8 Å². The van der Waals surface area contributed by atoms with E-state index in [1.807, 2.05) is 51.4 Å². The van der Waals surface area contributed by atoms with Crippen molar-refractivity contribution in [1.82, 2.24) is 4.57 Å². The fourth-order valence-corrected chi connectivity index (χ4v) is 1.98. The molecule has 0 aliphatic heterocycles. The number of rotatable bonds is 6. The van der Waals surface area contributed by atoms with E-state index in [-0.39, 0.29) is 18.1 Å². The number of carbonyl (C=O) groups excluding carboxylic acids is 1. The topological polar surface area (TPSA) is 40.5 Å². The van der Waals surface area contributed by atoms with E-state index in [9.17, 15) is 4.79 Å². The van der Waals surface area contributed by atoms with Crippen molar-refractivity contribution in [3.63, 3.8) is 0 Å². The summed E-state index contributed by atoms with van der Waals surface area (Å²) in [5.74, 6) is -0.268. The maximum atomic E-state index is 11.9. The zero-order valence-electron chi connectivity index (χ0n) is 11.9. The molecule has 0 radical (unpaired) electrons. The summed E-state index contributed by atoms with van der Waals surface area (Å²) in [4.78, 5) is 11.9. The second kappa shape index (κ2) is 6.59. The van der Waals surface area contributed by atoms with Crippen molar-refractivity contribution in [2.75, 3.05) is 13.2 Å². The number of hydrogen-bond donors (Lipinski definition) is 0. The zero-order valence-corrected chi connectivity index (χ0v) is 11.9. The van der Waals surface area contributed by atoms with Crippen molar-refractivity contribution in [2.24, 2.45) is 0 Å². The van der Waals surface area contributed by atoms with Crippen LogP contribution in [0.15, 0.2) is 12.3 Å². The third-order valence-electron chi connectivity index (χ3n) is 3.13. The lowest BCUT2D eigenvalue weighted by Gasteiger charge is -2.23. The minimum atomic E-state index is -0.268. The Kier molecular flexibility index (Phi) is 5.41. The van der Waals surface area contributed by atoms with Gasteiger partial charge in [-0.25, -0.2) is 4.79 Å². The van der Waals surface area contributed by atoms with Gasteiger partial charge in [-0.15, -0.1) is 0 Å². The molecule has 1 heterocycles. The van der Waals surface area contributed by atoms with E-state index in [0.717, 1.165) is 5.56 Å². The highest BCUT2D eigenvalue weighted by Crippen LogP contribution is 2.21. The molecule has 4 nitrogen and oxygen atoms in total. The van der Waals surface area contributed by atoms with Gasteiger partial charge >= 0.3 is 5.97 Å². The van der Waals surface area contributed by atoms with E-state index in [4.69, 9.17) is 9.47 Å². The van der Waals surface area contributed by atoms with Crippen LogP contribution in [0, 0.1) is 6.92 Å². The molecule has 0 aliphatic carbocycles. The van der Waals surface area contributed by atoms with Gasteiger partial charge in [0, 0.05) is 12.8 Å². The normalized spacial score (nSPS) is 14.3. The number of nitrogens with zero attached hydrogens (tertiary/aromatic N) is 1. The van der Waals surface area contributed by atoms with Crippen LogP contribution >= 0.6 is 0 Å². The number of carbonyl (C=O) groups is 1. The minimum absolute atomic E-state index is 0.0509. The Labute approximate surface area is 109 Å². The van der Waals surface area contributed by atoms with Crippen LogP contribution in [-0.4, -0.2) is 29.9 Å². The van der Waals surface area contributed by atoms with E-state index in [1.165, 1.54) is 0 Å². The van der Waals surface area contributed by atoms with Gasteiger partial charge in [0.2, 0.25) is 0 Å². The van der Waals surface area contributed by atoms with Crippen LogP contribution in [0.2, 0.25) is 0 Å². The van der Waals surface area contributed by atoms with Crippen LogP contribution in [-0.2, 0) is 9.47 Å². The van der Waals surface area contributed by atoms with Crippen molar-refractivity contribution in [3.8, 4) is 0 Å². The summed E-state index contributed by atoms with van der Waals surface area (Å²) in [6, 6.07) is 2.03. The summed E-state index contributed by atoms with van der Waals surface area (Å²) < 4.78 is 12.6. The first-order valence-corrected chi connectivity index (χ1v) is 6.49. The molecule has 0 spiro atoms. The Morgan fingerprint density at radius 2 is 2.00 bits per heavy atom. The Morgan fingerprint density at radius 1 is 1.33 bits per heavy atom. The molecule has 18 heavy (non-hydrogen) atoms. The number of ether oxygens (including phenoxy) is 2. The largest absolute Gasteiger partial charge is 0.461 e. The predicted molar refractivity (Wildman–Crippen MR) is 70.9 cm³/mol. The molecule has 0 bridgehead atoms. The summed E-state index contributed by atoms with van der Waals surface area (Å²) in [6.07, 6.45) is 1.97. The molecular weight excluding hydrogens is 230 g/mol. The third kappa shape index (κ3) is 3.13. The Morgan fingerprint density at radius 3 is 2.56 bits per heavy atom. The molecule has 0 N–H and O–H groups in total. The summed E-state index contributed by atoms with van der Waals surface area (Å²) >= 11 is 0. The Balaban J connectivity index is 2.99. The van der Waals surface area contributed by atoms with E-state index in [2.05, 4.69) is 0 Å². The highest BCUT2D eigenvalue weighted by Gasteiger charge is 2.22. The molecule has 2 unspecified atom stereocenters. The quantitative estimate of drug-likeness (QED) is 0.732. The standard InChI is InChI=1S/C14H23NO3/c1-6-17-12(5)11(4)15-9-8-10(3)13(15)14(16)18-7-2/h8-9,11-12H,6-7H2,1-5H3. The average molecular weight is 253 g/mol. The van der Waals surface area contributed by atoms with Gasteiger partial charge in [0.25, 0.3) is 0 Å². The monoisotopic (exact) mass is 253 g/mol. The fraction of sp³-hybridized carbons (Fsp3) is 0.643. The molecule has 1 rings (SSSR count). The second-order valence-corrected chi connectivity index (χ2v) is 4.38. The molecule has 2 atom stereocenters. The molecule has 0 amide bonds. The number of esters is 1. The second-order valence-electron chi connectivity index (χ2n) is 4.38. The summed E-state index contributed by atoms with van der Waals surface area (Å²) in [5.41, 5.74) is 1.56. The van der Waals surface area contributed by atoms with Gasteiger partial charge < -0.3 is 14.0 Å². The lowest BCUT2D eigenvalue weighted by Crippen LogP contribution is -2.25. The molecule has 1 aromatic heterocycles. The molecule has 0 aromatic carbocycles. The van der Waals surface area contributed by atoms with Crippen molar-refractivity contribution in [3.05, 3.63) is 23.5 Å². The van der Waals surface area contributed by atoms with E-state index in [0.29, 0.717) is 18.9 Å². The molecule has 1 aromatic rings. The van der Waals surface area contributed by atoms with Gasteiger partial charge in [0.1, 0.15) is 5.69 Å². The Bertz CT molecular complexity index is 398. The molecule has 4 heteroatoms. The highest BCUT2D eigenvalue weighted by molar-refractivity contribution is 5.89. The van der Waals surface area contributed by atoms with Gasteiger partial charge in [-0.1, -0.05) is 0 Å². The average Bonchev–Trinajstić information content (AvgIpc) is 2.70. The number of aryl methyl sites for hydroxylation is 1. The smallest absolute Gasteiger partial charge is 0.355 e. The summed E-state index contributed by atoms with van der Waals surface area (Å²) in [5, 5.41) is 0. The van der Waals surface area contributed by atoms with Crippen LogP contribution in [0.25, 0.3) is 0 Å². The fourth-order valence-electron chi connectivity index (χ4n) is 1.98. The van der Waals surface area contributed by atoms with Crippen LogP contribution in [0.4, 0.5) is 0 Å². The predicted octanol–water partition coefficient (Wildman–Crippen LogP) is 2.96. The van der Waals surface area contributed by atoms with Gasteiger partial charge in [-0.2, -0.15) is 0 Å². The van der Waals surface area contributed by atoms with Crippen LogP contribution in [0.5, 0.6) is 0 Å². The molecular formula is C14H23NO3. The molecule has 0 aliphatic rings. The van der Waals surface area contributed by atoms with Gasteiger partial charge in [0.05, 0.1) is 18.8 Å². The zero-order chi connectivity index (χ0) is 13.7. The first kappa shape index (κ1) is 14.8. The van der Waals surface area contributed by atoms with Gasteiger partial charge in [0.15, 0.2) is 0 Å². The highest BCUT2D eigenvalue weighted by atomic mass is 16.5. The minimum Gasteiger partial charge on any atom is -0.461 e. The number of hydrogen-bond acceptors (Lipinski definition) is 3. The maximum absolute atomic E-state index is 11.9. The molecule has 0 saturated carbocycles. The van der Waals surface area contributed by atoms with Crippen molar-refractivity contribution in [1.29, 1.82) is 0 Å². The van der Waals surface area contributed by atoms with E-state index >= 15 is 0 Å². The molecule has 102 valence electrons. The lowest BCUT2D eigenvalue weighted by molar-refractivity contribution is 0.0376. The maximum Gasteiger partial charge on any atom is 0.355 e. The SMILES string of the molecule is CCOC(=O)c1c(C)ccn1C(C)C(C)OCC. The summed E-state index contributed by atoms with van der Waals surface area (Å²) in [7, 11) is 0. The summed E-state index contributed by atoms with van der Waals surface area (Å²) in [6.45, 7) is 10.8. The first-order chi connectivity index (χ1) is 8.52. The van der Waals surface area contributed by atoms with E-state index < -0.39 is 0 Å². The van der Waals surface area contributed by atoms with Crippen molar-refractivity contribution >= 4 is 5.97 Å². The third-order valence-corrected chi connectivity index (χ3v) is 3.13. The molecule has 0 fully saturated rings.